The fourth-order valence-corrected chi connectivity index (χ4v) is 4.36. The molecule has 29 heavy (non-hydrogen) atoms. The van der Waals surface area contributed by atoms with Gasteiger partial charge in [0.05, 0.1) is 12.6 Å². The molecule has 2 atom stereocenters. The molecule has 0 spiro atoms. The molecule has 1 N–H and O–H groups in total. The average molecular weight is 395 g/mol. The van der Waals surface area contributed by atoms with E-state index in [4.69, 9.17) is 9.47 Å². The summed E-state index contributed by atoms with van der Waals surface area (Å²) in [5, 5.41) is 3.26. The molecule has 2 aliphatic rings. The van der Waals surface area contributed by atoms with Crippen LogP contribution in [0.4, 0.5) is 0 Å². The van der Waals surface area contributed by atoms with Gasteiger partial charge in [-0.3, -0.25) is 9.69 Å². The number of carbonyl (C=O) groups excluding carboxylic acids is 1. The van der Waals surface area contributed by atoms with E-state index in [0.717, 1.165) is 36.4 Å². The second-order valence-electron chi connectivity index (χ2n) is 8.23. The van der Waals surface area contributed by atoms with Gasteiger partial charge in [-0.2, -0.15) is 0 Å². The van der Waals surface area contributed by atoms with E-state index in [0.29, 0.717) is 25.7 Å². The normalized spacial score (nSPS) is 19.9. The molecule has 4 rings (SSSR count). The average Bonchev–Trinajstić information content (AvgIpc) is 3.20. The maximum absolute atomic E-state index is 12.9. The monoisotopic (exact) mass is 394 g/mol. The first-order valence-corrected chi connectivity index (χ1v) is 10.6. The van der Waals surface area contributed by atoms with Crippen LogP contribution in [-0.4, -0.2) is 37.1 Å². The summed E-state index contributed by atoms with van der Waals surface area (Å²) in [4.78, 5) is 15.2. The van der Waals surface area contributed by atoms with Crippen LogP contribution in [0, 0.1) is 5.92 Å². The van der Waals surface area contributed by atoms with Crippen LogP contribution in [0.25, 0.3) is 0 Å². The summed E-state index contributed by atoms with van der Waals surface area (Å²) in [5.74, 6) is 2.03. The van der Waals surface area contributed by atoms with Gasteiger partial charge in [-0.05, 0) is 48.6 Å². The van der Waals surface area contributed by atoms with Crippen molar-refractivity contribution in [2.24, 2.45) is 5.92 Å². The Morgan fingerprint density at radius 2 is 1.86 bits per heavy atom. The third kappa shape index (κ3) is 4.56. The molecular weight excluding hydrogens is 364 g/mol. The van der Waals surface area contributed by atoms with Crippen LogP contribution in [0.3, 0.4) is 0 Å². The molecule has 1 saturated heterocycles. The lowest BCUT2D eigenvalue weighted by atomic mass is 9.96. The third-order valence-electron chi connectivity index (χ3n) is 5.80. The van der Waals surface area contributed by atoms with Crippen molar-refractivity contribution in [2.75, 3.05) is 26.3 Å². The van der Waals surface area contributed by atoms with Crippen LogP contribution in [0.1, 0.15) is 49.9 Å². The maximum atomic E-state index is 12.9. The Morgan fingerprint density at radius 3 is 2.62 bits per heavy atom. The van der Waals surface area contributed by atoms with Gasteiger partial charge in [0.25, 0.3) is 0 Å². The van der Waals surface area contributed by atoms with Gasteiger partial charge in [-0.25, -0.2) is 0 Å². The first kappa shape index (κ1) is 19.8. The summed E-state index contributed by atoms with van der Waals surface area (Å²) in [6.45, 7) is 6.82. The summed E-state index contributed by atoms with van der Waals surface area (Å²) in [6, 6.07) is 16.7. The summed E-state index contributed by atoms with van der Waals surface area (Å²) < 4.78 is 11.4. The van der Waals surface area contributed by atoms with Crippen molar-refractivity contribution >= 4 is 5.91 Å². The quantitative estimate of drug-likeness (QED) is 0.801. The van der Waals surface area contributed by atoms with Crippen LogP contribution in [0.2, 0.25) is 0 Å². The highest BCUT2D eigenvalue weighted by molar-refractivity contribution is 5.78. The minimum atomic E-state index is 0.0269. The van der Waals surface area contributed by atoms with Gasteiger partial charge in [0, 0.05) is 6.04 Å². The number of nitrogens with zero attached hydrogens (tertiary/aromatic N) is 1. The standard InChI is InChI=1S/C24H30N2O3/c1-17(2)24(18-7-4-3-5-8-18)25-23(27)16-26-12-6-9-20(26)19-10-11-21-22(15-19)29-14-13-28-21/h3-5,7-8,10-11,15,17,20,24H,6,9,12-14,16H2,1-2H3,(H,25,27)/t20-,24-/m0/s1. The Kier molecular flexibility index (Phi) is 6.05. The van der Waals surface area contributed by atoms with Crippen LogP contribution in [-0.2, 0) is 4.79 Å². The third-order valence-corrected chi connectivity index (χ3v) is 5.80. The van der Waals surface area contributed by atoms with Gasteiger partial charge < -0.3 is 14.8 Å². The van der Waals surface area contributed by atoms with Gasteiger partial charge in [0.1, 0.15) is 13.2 Å². The summed E-state index contributed by atoms with van der Waals surface area (Å²) in [6.07, 6.45) is 2.15. The van der Waals surface area contributed by atoms with Gasteiger partial charge in [-0.15, -0.1) is 0 Å². The highest BCUT2D eigenvalue weighted by Gasteiger charge is 2.29. The van der Waals surface area contributed by atoms with Gasteiger partial charge in [0.2, 0.25) is 5.91 Å². The predicted octanol–water partition coefficient (Wildman–Crippen LogP) is 4.11. The van der Waals surface area contributed by atoms with Crippen molar-refractivity contribution in [1.29, 1.82) is 0 Å². The van der Waals surface area contributed by atoms with Gasteiger partial charge in [0.15, 0.2) is 11.5 Å². The van der Waals surface area contributed by atoms with Crippen molar-refractivity contribution in [3.05, 3.63) is 59.7 Å². The first-order chi connectivity index (χ1) is 14.1. The molecule has 154 valence electrons. The van der Waals surface area contributed by atoms with Crippen LogP contribution in [0.15, 0.2) is 48.5 Å². The number of amides is 1. The summed E-state index contributed by atoms with van der Waals surface area (Å²) >= 11 is 0. The van der Waals surface area contributed by atoms with Crippen LogP contribution in [0.5, 0.6) is 11.5 Å². The topological polar surface area (TPSA) is 50.8 Å². The SMILES string of the molecule is CC(C)[C@H](NC(=O)CN1CCC[C@H]1c1ccc2c(c1)OCCO2)c1ccccc1. The second-order valence-corrected chi connectivity index (χ2v) is 8.23. The molecule has 0 unspecified atom stereocenters. The molecule has 2 heterocycles. The zero-order chi connectivity index (χ0) is 20.2. The molecule has 0 bridgehead atoms. The van der Waals surface area contributed by atoms with E-state index in [1.165, 1.54) is 5.56 Å². The highest BCUT2D eigenvalue weighted by atomic mass is 16.6. The van der Waals surface area contributed by atoms with E-state index in [1.807, 2.05) is 24.3 Å². The Morgan fingerprint density at radius 1 is 1.10 bits per heavy atom. The molecule has 5 nitrogen and oxygen atoms in total. The van der Waals surface area contributed by atoms with Crippen molar-refractivity contribution < 1.29 is 14.3 Å². The van der Waals surface area contributed by atoms with E-state index >= 15 is 0 Å². The number of carbonyl (C=O) groups is 1. The highest BCUT2D eigenvalue weighted by Crippen LogP contribution is 2.38. The molecule has 2 aliphatic heterocycles. The number of likely N-dealkylation sites (tertiary alicyclic amines) is 1. The minimum absolute atomic E-state index is 0.0269. The van der Waals surface area contributed by atoms with E-state index in [1.54, 1.807) is 0 Å². The lowest BCUT2D eigenvalue weighted by Gasteiger charge is -2.28. The zero-order valence-corrected chi connectivity index (χ0v) is 17.3. The van der Waals surface area contributed by atoms with Crippen molar-refractivity contribution in [1.82, 2.24) is 10.2 Å². The van der Waals surface area contributed by atoms with Crippen molar-refractivity contribution in [3.8, 4) is 11.5 Å². The Hall–Kier alpha value is -2.53. The minimum Gasteiger partial charge on any atom is -0.486 e. The molecule has 1 amide bonds. The molecular formula is C24H30N2O3. The number of fused-ring (bicyclic) bond motifs is 1. The fraction of sp³-hybridized carbons (Fsp3) is 0.458. The number of nitrogens with one attached hydrogen (secondary N) is 1. The number of ether oxygens (including phenoxy) is 2. The predicted molar refractivity (Wildman–Crippen MR) is 113 cm³/mol. The summed E-state index contributed by atoms with van der Waals surface area (Å²) in [7, 11) is 0. The number of hydrogen-bond acceptors (Lipinski definition) is 4. The lowest BCUT2D eigenvalue weighted by Crippen LogP contribution is -2.40. The lowest BCUT2D eigenvalue weighted by molar-refractivity contribution is -0.123. The molecule has 0 aromatic heterocycles. The largest absolute Gasteiger partial charge is 0.486 e. The number of hydrogen-bond donors (Lipinski definition) is 1. The van der Waals surface area contributed by atoms with Crippen molar-refractivity contribution in [3.63, 3.8) is 0 Å². The molecule has 1 fully saturated rings. The molecule has 2 aromatic carbocycles. The fourth-order valence-electron chi connectivity index (χ4n) is 4.36. The Bertz CT molecular complexity index is 837. The first-order valence-electron chi connectivity index (χ1n) is 10.6. The smallest absolute Gasteiger partial charge is 0.234 e. The van der Waals surface area contributed by atoms with Gasteiger partial charge >= 0.3 is 0 Å². The number of benzene rings is 2. The molecule has 0 radical (unpaired) electrons. The molecule has 0 saturated carbocycles. The Balaban J connectivity index is 1.43. The maximum Gasteiger partial charge on any atom is 0.234 e. The second kappa shape index (κ2) is 8.87. The van der Waals surface area contributed by atoms with Crippen LogP contribution < -0.4 is 14.8 Å². The summed E-state index contributed by atoms with van der Waals surface area (Å²) in [5.41, 5.74) is 2.35. The molecule has 5 heteroatoms. The number of rotatable bonds is 6. The van der Waals surface area contributed by atoms with Gasteiger partial charge in [-0.1, -0.05) is 50.2 Å². The molecule has 2 aromatic rings. The molecule has 0 aliphatic carbocycles. The Labute approximate surface area is 173 Å². The zero-order valence-electron chi connectivity index (χ0n) is 17.3. The van der Waals surface area contributed by atoms with E-state index in [9.17, 15) is 4.79 Å². The van der Waals surface area contributed by atoms with Crippen LogP contribution >= 0.6 is 0 Å². The van der Waals surface area contributed by atoms with E-state index in [-0.39, 0.29) is 18.0 Å². The van der Waals surface area contributed by atoms with E-state index < -0.39 is 0 Å². The van der Waals surface area contributed by atoms with E-state index in [2.05, 4.69) is 48.3 Å². The van der Waals surface area contributed by atoms with Crippen molar-refractivity contribution in [2.45, 2.75) is 38.8 Å².